The molecule has 4 heteroatoms. The third kappa shape index (κ3) is 2.88. The number of thiazole rings is 1. The van der Waals surface area contributed by atoms with Gasteiger partial charge in [0.2, 0.25) is 0 Å². The number of hydroxylamine groups is 2. The Morgan fingerprint density at radius 2 is 2.11 bits per heavy atom. The summed E-state index contributed by atoms with van der Waals surface area (Å²) in [6.45, 7) is 6.12. The summed E-state index contributed by atoms with van der Waals surface area (Å²) in [6, 6.07) is 6.44. The number of rotatable bonds is 4. The Morgan fingerprint density at radius 3 is 2.78 bits per heavy atom. The Kier molecular flexibility index (Phi) is 3.71. The van der Waals surface area contributed by atoms with Crippen LogP contribution in [0.3, 0.4) is 0 Å². The average molecular weight is 264 g/mol. The van der Waals surface area contributed by atoms with Gasteiger partial charge < -0.3 is 5.21 Å². The van der Waals surface area contributed by atoms with Gasteiger partial charge in [0.05, 0.1) is 15.2 Å². The first-order valence-corrected chi connectivity index (χ1v) is 6.99. The largest absolute Gasteiger partial charge is 0.314 e. The van der Waals surface area contributed by atoms with Crippen molar-refractivity contribution in [3.8, 4) is 0 Å². The Labute approximate surface area is 112 Å². The lowest BCUT2D eigenvalue weighted by Crippen LogP contribution is -2.38. The molecule has 0 aliphatic carbocycles. The van der Waals surface area contributed by atoms with Crippen LogP contribution in [0.15, 0.2) is 18.2 Å². The standard InChI is InChI=1S/C14H20N2OS/c1-10-15-12-6-5-11(9-13(12)18-10)7-8-14(2,3)16(4)17/h5-6,9,17H,7-8H2,1-4H3. The first-order chi connectivity index (χ1) is 8.38. The minimum absolute atomic E-state index is 0.196. The molecule has 1 heterocycles. The lowest BCUT2D eigenvalue weighted by atomic mass is 9.95. The van der Waals surface area contributed by atoms with Crippen molar-refractivity contribution in [2.45, 2.75) is 39.2 Å². The molecular weight excluding hydrogens is 244 g/mol. The molecule has 0 bridgehead atoms. The second-order valence-corrected chi connectivity index (χ2v) is 6.61. The van der Waals surface area contributed by atoms with Gasteiger partial charge in [-0.25, -0.2) is 4.98 Å². The molecule has 0 fully saturated rings. The number of aromatic nitrogens is 1. The summed E-state index contributed by atoms with van der Waals surface area (Å²) in [5.74, 6) is 0. The SMILES string of the molecule is Cc1nc2ccc(CCC(C)(C)N(C)O)cc2s1. The van der Waals surface area contributed by atoms with Crippen LogP contribution < -0.4 is 0 Å². The van der Waals surface area contributed by atoms with Crippen molar-refractivity contribution >= 4 is 21.6 Å². The van der Waals surface area contributed by atoms with Crippen LogP contribution in [-0.2, 0) is 6.42 Å². The van der Waals surface area contributed by atoms with Gasteiger partial charge in [-0.05, 0) is 51.3 Å². The molecular formula is C14H20N2OS. The molecule has 0 spiro atoms. The van der Waals surface area contributed by atoms with Crippen LogP contribution in [-0.4, -0.2) is 27.8 Å². The zero-order chi connectivity index (χ0) is 13.3. The lowest BCUT2D eigenvalue weighted by molar-refractivity contribution is -0.141. The van der Waals surface area contributed by atoms with E-state index in [1.807, 2.05) is 20.8 Å². The monoisotopic (exact) mass is 264 g/mol. The summed E-state index contributed by atoms with van der Waals surface area (Å²) >= 11 is 1.74. The van der Waals surface area contributed by atoms with Crippen LogP contribution in [0.5, 0.6) is 0 Å². The van der Waals surface area contributed by atoms with Gasteiger partial charge in [-0.3, -0.25) is 0 Å². The zero-order valence-electron chi connectivity index (χ0n) is 11.4. The van der Waals surface area contributed by atoms with Crippen molar-refractivity contribution < 1.29 is 5.21 Å². The minimum atomic E-state index is -0.196. The van der Waals surface area contributed by atoms with Gasteiger partial charge in [-0.1, -0.05) is 6.07 Å². The minimum Gasteiger partial charge on any atom is -0.314 e. The normalized spacial score (nSPS) is 12.6. The molecule has 0 radical (unpaired) electrons. The van der Waals surface area contributed by atoms with E-state index in [1.165, 1.54) is 15.3 Å². The van der Waals surface area contributed by atoms with Crippen LogP contribution in [0, 0.1) is 6.92 Å². The summed E-state index contributed by atoms with van der Waals surface area (Å²) in [6.07, 6.45) is 1.88. The third-order valence-electron chi connectivity index (χ3n) is 3.46. The van der Waals surface area contributed by atoms with E-state index in [0.717, 1.165) is 23.4 Å². The van der Waals surface area contributed by atoms with Gasteiger partial charge in [-0.15, -0.1) is 11.3 Å². The molecule has 1 N–H and O–H groups in total. The molecule has 98 valence electrons. The molecule has 0 saturated heterocycles. The predicted molar refractivity (Wildman–Crippen MR) is 76.3 cm³/mol. The average Bonchev–Trinajstić information content (AvgIpc) is 2.65. The fraction of sp³-hybridized carbons (Fsp3) is 0.500. The van der Waals surface area contributed by atoms with Gasteiger partial charge in [0, 0.05) is 12.6 Å². The number of benzene rings is 1. The molecule has 0 aliphatic rings. The molecule has 3 nitrogen and oxygen atoms in total. The molecule has 0 amide bonds. The molecule has 18 heavy (non-hydrogen) atoms. The summed E-state index contributed by atoms with van der Waals surface area (Å²) in [4.78, 5) is 4.46. The Balaban J connectivity index is 2.12. The van der Waals surface area contributed by atoms with Crippen LogP contribution >= 0.6 is 11.3 Å². The van der Waals surface area contributed by atoms with E-state index in [-0.39, 0.29) is 5.54 Å². The maximum atomic E-state index is 9.56. The van der Waals surface area contributed by atoms with Gasteiger partial charge >= 0.3 is 0 Å². The topological polar surface area (TPSA) is 36.4 Å². The molecule has 1 aromatic heterocycles. The van der Waals surface area contributed by atoms with E-state index >= 15 is 0 Å². The van der Waals surface area contributed by atoms with E-state index in [4.69, 9.17) is 0 Å². The first kappa shape index (κ1) is 13.5. The highest BCUT2D eigenvalue weighted by atomic mass is 32.1. The molecule has 2 rings (SSSR count). The number of aryl methyl sites for hydroxylation is 2. The maximum absolute atomic E-state index is 9.56. The summed E-state index contributed by atoms with van der Waals surface area (Å²) in [5, 5.41) is 12.0. The molecule has 0 aliphatic heterocycles. The zero-order valence-corrected chi connectivity index (χ0v) is 12.2. The van der Waals surface area contributed by atoms with Gasteiger partial charge in [-0.2, -0.15) is 5.06 Å². The summed E-state index contributed by atoms with van der Waals surface area (Å²) in [5.41, 5.74) is 2.19. The van der Waals surface area contributed by atoms with Crippen molar-refractivity contribution in [2.75, 3.05) is 7.05 Å². The van der Waals surface area contributed by atoms with E-state index < -0.39 is 0 Å². The number of fused-ring (bicyclic) bond motifs is 1. The second kappa shape index (κ2) is 4.96. The lowest BCUT2D eigenvalue weighted by Gasteiger charge is -2.30. The number of nitrogens with zero attached hydrogens (tertiary/aromatic N) is 2. The van der Waals surface area contributed by atoms with Crippen molar-refractivity contribution in [1.82, 2.24) is 10.0 Å². The Hall–Kier alpha value is -0.970. The third-order valence-corrected chi connectivity index (χ3v) is 4.39. The van der Waals surface area contributed by atoms with Gasteiger partial charge in [0.1, 0.15) is 0 Å². The maximum Gasteiger partial charge on any atom is 0.0907 e. The van der Waals surface area contributed by atoms with Crippen molar-refractivity contribution in [2.24, 2.45) is 0 Å². The summed E-state index contributed by atoms with van der Waals surface area (Å²) < 4.78 is 1.25. The molecule has 1 aromatic carbocycles. The molecule has 2 aromatic rings. The Morgan fingerprint density at radius 1 is 1.39 bits per heavy atom. The van der Waals surface area contributed by atoms with E-state index in [0.29, 0.717) is 0 Å². The van der Waals surface area contributed by atoms with Crippen LogP contribution in [0.2, 0.25) is 0 Å². The quantitative estimate of drug-likeness (QED) is 0.857. The van der Waals surface area contributed by atoms with Gasteiger partial charge in [0.15, 0.2) is 0 Å². The Bertz CT molecular complexity index is 546. The van der Waals surface area contributed by atoms with Crippen molar-refractivity contribution in [3.05, 3.63) is 28.8 Å². The predicted octanol–water partition coefficient (Wildman–Crippen LogP) is 3.64. The van der Waals surface area contributed by atoms with Crippen molar-refractivity contribution in [1.29, 1.82) is 0 Å². The van der Waals surface area contributed by atoms with Crippen LogP contribution in [0.1, 0.15) is 30.8 Å². The molecule has 0 atom stereocenters. The highest BCUT2D eigenvalue weighted by Gasteiger charge is 2.21. The second-order valence-electron chi connectivity index (χ2n) is 5.37. The smallest absolute Gasteiger partial charge is 0.0907 e. The highest BCUT2D eigenvalue weighted by Crippen LogP contribution is 2.25. The molecule has 0 saturated carbocycles. The fourth-order valence-corrected chi connectivity index (χ4v) is 2.74. The summed E-state index contributed by atoms with van der Waals surface area (Å²) in [7, 11) is 1.70. The fourth-order valence-electron chi connectivity index (χ4n) is 1.85. The van der Waals surface area contributed by atoms with E-state index in [2.05, 4.69) is 23.2 Å². The number of hydrogen-bond donors (Lipinski definition) is 1. The highest BCUT2D eigenvalue weighted by molar-refractivity contribution is 7.18. The van der Waals surface area contributed by atoms with Gasteiger partial charge in [0.25, 0.3) is 0 Å². The van der Waals surface area contributed by atoms with E-state index in [9.17, 15) is 5.21 Å². The van der Waals surface area contributed by atoms with E-state index in [1.54, 1.807) is 18.4 Å². The molecule has 0 unspecified atom stereocenters. The van der Waals surface area contributed by atoms with Crippen LogP contribution in [0.4, 0.5) is 0 Å². The van der Waals surface area contributed by atoms with Crippen LogP contribution in [0.25, 0.3) is 10.2 Å². The van der Waals surface area contributed by atoms with Crippen molar-refractivity contribution in [3.63, 3.8) is 0 Å². The number of hydrogen-bond acceptors (Lipinski definition) is 4. The first-order valence-electron chi connectivity index (χ1n) is 6.17.